The van der Waals surface area contributed by atoms with Crippen LogP contribution in [-0.2, 0) is 0 Å². The lowest BCUT2D eigenvalue weighted by Crippen LogP contribution is -2.45. The number of pyridine rings is 1. The van der Waals surface area contributed by atoms with Crippen molar-refractivity contribution in [3.8, 4) is 5.69 Å². The van der Waals surface area contributed by atoms with Gasteiger partial charge in [-0.3, -0.25) is 9.69 Å². The largest absolute Gasteiger partial charge is 0.465 e. The summed E-state index contributed by atoms with van der Waals surface area (Å²) in [6.07, 6.45) is 1.75. The van der Waals surface area contributed by atoms with Gasteiger partial charge in [0.15, 0.2) is 5.82 Å². The number of carbonyl (C=O) groups is 2. The molecular weight excluding hydrogens is 394 g/mol. The summed E-state index contributed by atoms with van der Waals surface area (Å²) in [5.41, 5.74) is 0.482. The molecule has 0 saturated heterocycles. The lowest BCUT2D eigenvalue weighted by Gasteiger charge is -2.32. The molecule has 0 fully saturated rings. The normalized spacial score (nSPS) is 11.2. The van der Waals surface area contributed by atoms with E-state index in [-0.39, 0.29) is 22.2 Å². The highest BCUT2D eigenvalue weighted by atomic mass is 35.5. The van der Waals surface area contributed by atoms with Crippen LogP contribution in [0.4, 0.5) is 16.3 Å². The zero-order valence-corrected chi connectivity index (χ0v) is 16.9. The van der Waals surface area contributed by atoms with E-state index in [1.165, 1.54) is 23.0 Å². The third-order valence-corrected chi connectivity index (χ3v) is 4.26. The first kappa shape index (κ1) is 20.3. The minimum absolute atomic E-state index is 0.117. The van der Waals surface area contributed by atoms with Crippen molar-refractivity contribution in [3.63, 3.8) is 0 Å². The van der Waals surface area contributed by atoms with Crippen molar-refractivity contribution in [2.75, 3.05) is 10.2 Å². The molecule has 2 aromatic heterocycles. The highest BCUT2D eigenvalue weighted by Crippen LogP contribution is 2.32. The van der Waals surface area contributed by atoms with Crippen molar-refractivity contribution in [2.24, 2.45) is 0 Å². The zero-order valence-electron chi connectivity index (χ0n) is 16.1. The van der Waals surface area contributed by atoms with E-state index in [4.69, 9.17) is 11.6 Å². The molecule has 150 valence electrons. The van der Waals surface area contributed by atoms with Crippen LogP contribution in [0.25, 0.3) is 5.69 Å². The Morgan fingerprint density at radius 1 is 1.14 bits per heavy atom. The van der Waals surface area contributed by atoms with E-state index in [0.717, 1.165) is 10.6 Å². The van der Waals surface area contributed by atoms with Gasteiger partial charge in [0, 0.05) is 11.7 Å². The Bertz CT molecular complexity index is 1030. The Balaban J connectivity index is 2.06. The molecule has 9 heteroatoms. The summed E-state index contributed by atoms with van der Waals surface area (Å²) in [5, 5.41) is 17.2. The van der Waals surface area contributed by atoms with Crippen LogP contribution in [0, 0.1) is 0 Å². The average Bonchev–Trinajstić information content (AvgIpc) is 3.04. The lowest BCUT2D eigenvalue weighted by atomic mass is 10.1. The third kappa shape index (κ3) is 4.55. The maximum Gasteiger partial charge on any atom is 0.412 e. The molecule has 3 rings (SSSR count). The first-order valence-electron chi connectivity index (χ1n) is 8.78. The van der Waals surface area contributed by atoms with Gasteiger partial charge in [-0.15, -0.1) is 5.10 Å². The molecule has 0 radical (unpaired) electrons. The maximum absolute atomic E-state index is 12.7. The van der Waals surface area contributed by atoms with Crippen molar-refractivity contribution in [3.05, 3.63) is 65.6 Å². The number of hydrogen-bond acceptors (Lipinski definition) is 4. The number of nitrogens with zero attached hydrogens (tertiary/aromatic N) is 4. The minimum atomic E-state index is -1.16. The van der Waals surface area contributed by atoms with Gasteiger partial charge in [0.25, 0.3) is 5.91 Å². The molecule has 0 aliphatic heterocycles. The number of benzene rings is 1. The number of nitrogens with one attached hydrogen (secondary N) is 1. The topological polar surface area (TPSA) is 100 Å². The van der Waals surface area contributed by atoms with Crippen molar-refractivity contribution in [1.29, 1.82) is 0 Å². The highest BCUT2D eigenvalue weighted by molar-refractivity contribution is 6.29. The summed E-state index contributed by atoms with van der Waals surface area (Å²) in [6.45, 7) is 5.28. The number of halogens is 1. The lowest BCUT2D eigenvalue weighted by molar-refractivity contribution is 0.102. The fraction of sp³-hybridized carbons (Fsp3) is 0.200. The molecule has 29 heavy (non-hydrogen) atoms. The Morgan fingerprint density at radius 3 is 2.38 bits per heavy atom. The molecule has 2 N–H and O–H groups in total. The highest BCUT2D eigenvalue weighted by Gasteiger charge is 2.32. The van der Waals surface area contributed by atoms with Gasteiger partial charge in [0.2, 0.25) is 0 Å². The van der Waals surface area contributed by atoms with Crippen LogP contribution in [0.5, 0.6) is 0 Å². The zero-order chi connectivity index (χ0) is 21.2. The fourth-order valence-electron chi connectivity index (χ4n) is 2.77. The summed E-state index contributed by atoms with van der Waals surface area (Å²) in [5.74, 6) is -0.362. The predicted octanol–water partition coefficient (Wildman–Crippen LogP) is 4.46. The molecule has 2 amide bonds. The van der Waals surface area contributed by atoms with Gasteiger partial charge in [-0.25, -0.2) is 14.5 Å². The second-order valence-corrected chi connectivity index (χ2v) is 7.64. The molecule has 0 aliphatic rings. The standard InChI is InChI=1S/C20H20ClN5O3/c1-20(2,3)26(19(28)29)15-12-25(14-7-5-4-6-8-14)24-17(15)23-18(27)13-9-10-16(21)22-11-13/h4-12H,1-3H3,(H,28,29)(H,23,24,27). The van der Waals surface area contributed by atoms with Crippen LogP contribution in [0.2, 0.25) is 5.15 Å². The number of amides is 2. The number of aromatic nitrogens is 3. The van der Waals surface area contributed by atoms with Crippen molar-refractivity contribution >= 4 is 35.1 Å². The van der Waals surface area contributed by atoms with Gasteiger partial charge in [-0.2, -0.15) is 0 Å². The van der Waals surface area contributed by atoms with E-state index in [1.54, 1.807) is 27.0 Å². The quantitative estimate of drug-likeness (QED) is 0.615. The number of carbonyl (C=O) groups excluding carboxylic acids is 1. The van der Waals surface area contributed by atoms with Crippen LogP contribution < -0.4 is 10.2 Å². The first-order valence-corrected chi connectivity index (χ1v) is 9.16. The Labute approximate surface area is 172 Å². The molecular formula is C20H20ClN5O3. The molecule has 1 aromatic carbocycles. The SMILES string of the molecule is CC(C)(C)N(C(=O)O)c1cn(-c2ccccc2)nc1NC(=O)c1ccc(Cl)nc1. The number of carboxylic acid groups (broad SMARTS) is 1. The smallest absolute Gasteiger partial charge is 0.412 e. The Kier molecular flexibility index (Phi) is 5.56. The molecule has 3 aromatic rings. The summed E-state index contributed by atoms with van der Waals surface area (Å²) in [6, 6.07) is 12.2. The number of hydrogen-bond donors (Lipinski definition) is 2. The maximum atomic E-state index is 12.7. The Hall–Kier alpha value is -3.39. The van der Waals surface area contributed by atoms with Gasteiger partial charge in [0.05, 0.1) is 17.4 Å². The molecule has 0 atom stereocenters. The van der Waals surface area contributed by atoms with Gasteiger partial charge in [-0.1, -0.05) is 29.8 Å². The summed E-state index contributed by atoms with van der Waals surface area (Å²) in [4.78, 5) is 29.7. The van der Waals surface area contributed by atoms with Gasteiger partial charge >= 0.3 is 6.09 Å². The van der Waals surface area contributed by atoms with E-state index in [2.05, 4.69) is 15.4 Å². The Morgan fingerprint density at radius 2 is 1.83 bits per heavy atom. The summed E-state index contributed by atoms with van der Waals surface area (Å²) >= 11 is 5.77. The van der Waals surface area contributed by atoms with Crippen LogP contribution in [-0.4, -0.2) is 37.4 Å². The van der Waals surface area contributed by atoms with Gasteiger partial charge in [0.1, 0.15) is 10.8 Å². The average molecular weight is 414 g/mol. The van der Waals surface area contributed by atoms with E-state index >= 15 is 0 Å². The third-order valence-electron chi connectivity index (χ3n) is 4.04. The predicted molar refractivity (Wildman–Crippen MR) is 111 cm³/mol. The second-order valence-electron chi connectivity index (χ2n) is 7.26. The van der Waals surface area contributed by atoms with Crippen LogP contribution in [0.15, 0.2) is 54.9 Å². The second kappa shape index (κ2) is 7.92. The number of rotatable bonds is 4. The van der Waals surface area contributed by atoms with Crippen LogP contribution >= 0.6 is 11.6 Å². The molecule has 0 bridgehead atoms. The van der Waals surface area contributed by atoms with E-state index in [0.29, 0.717) is 0 Å². The van der Waals surface area contributed by atoms with Crippen LogP contribution in [0.3, 0.4) is 0 Å². The van der Waals surface area contributed by atoms with E-state index in [1.807, 2.05) is 30.3 Å². The molecule has 8 nitrogen and oxygen atoms in total. The van der Waals surface area contributed by atoms with E-state index in [9.17, 15) is 14.7 Å². The van der Waals surface area contributed by atoms with Crippen LogP contribution in [0.1, 0.15) is 31.1 Å². The van der Waals surface area contributed by atoms with Crippen molar-refractivity contribution in [1.82, 2.24) is 14.8 Å². The first-order chi connectivity index (χ1) is 13.7. The van der Waals surface area contributed by atoms with Gasteiger partial charge < -0.3 is 10.4 Å². The van der Waals surface area contributed by atoms with Crippen molar-refractivity contribution < 1.29 is 14.7 Å². The molecule has 0 aliphatic carbocycles. The number of para-hydroxylation sites is 1. The molecule has 0 unspecified atom stereocenters. The minimum Gasteiger partial charge on any atom is -0.465 e. The summed E-state index contributed by atoms with van der Waals surface area (Å²) in [7, 11) is 0. The number of anilines is 2. The van der Waals surface area contributed by atoms with E-state index < -0.39 is 17.5 Å². The summed E-state index contributed by atoms with van der Waals surface area (Å²) < 4.78 is 1.52. The van der Waals surface area contributed by atoms with Crippen molar-refractivity contribution in [2.45, 2.75) is 26.3 Å². The molecule has 0 spiro atoms. The van der Waals surface area contributed by atoms with Gasteiger partial charge in [-0.05, 0) is 45.0 Å². The molecule has 0 saturated carbocycles. The molecule has 2 heterocycles. The monoisotopic (exact) mass is 413 g/mol. The fourth-order valence-corrected chi connectivity index (χ4v) is 2.88.